The Morgan fingerprint density at radius 3 is 2.83 bits per heavy atom. The maximum Gasteiger partial charge on any atom is 0.358 e. The first-order chi connectivity index (χ1) is 8.65. The van der Waals surface area contributed by atoms with E-state index in [1.807, 2.05) is 0 Å². The summed E-state index contributed by atoms with van der Waals surface area (Å²) in [6.07, 6.45) is 5.48. The fourth-order valence-electron chi connectivity index (χ4n) is 1.85. The summed E-state index contributed by atoms with van der Waals surface area (Å²) in [6, 6.07) is 0. The van der Waals surface area contributed by atoms with Crippen molar-refractivity contribution in [2.75, 3.05) is 6.54 Å². The van der Waals surface area contributed by atoms with Gasteiger partial charge in [0.15, 0.2) is 5.69 Å². The Bertz CT molecular complexity index is 439. The molecule has 1 aromatic rings. The molecule has 98 valence electrons. The molecule has 0 radical (unpaired) electrons. The van der Waals surface area contributed by atoms with Gasteiger partial charge < -0.3 is 10.4 Å². The monoisotopic (exact) mass is 252 g/mol. The molecule has 2 rings (SSSR count). The Hall–Kier alpha value is -1.92. The van der Waals surface area contributed by atoms with Crippen LogP contribution in [0, 0.1) is 5.92 Å². The van der Waals surface area contributed by atoms with Crippen LogP contribution in [-0.2, 0) is 11.3 Å². The molecular weight excluding hydrogens is 236 g/mol. The molecule has 1 fully saturated rings. The Labute approximate surface area is 104 Å². The number of carboxylic acids is 1. The van der Waals surface area contributed by atoms with Crippen LogP contribution >= 0.6 is 0 Å². The number of amides is 1. The summed E-state index contributed by atoms with van der Waals surface area (Å²) >= 11 is 0. The Kier molecular flexibility index (Phi) is 3.91. The fraction of sp³-hybridized carbons (Fsp3) is 0.636. The lowest BCUT2D eigenvalue weighted by Crippen LogP contribution is -2.30. The van der Waals surface area contributed by atoms with E-state index >= 15 is 0 Å². The van der Waals surface area contributed by atoms with Gasteiger partial charge in [-0.05, 0) is 18.8 Å². The molecule has 0 aliphatic heterocycles. The van der Waals surface area contributed by atoms with Crippen molar-refractivity contribution in [1.82, 2.24) is 20.3 Å². The maximum absolute atomic E-state index is 11.5. The average Bonchev–Trinajstić information content (AvgIpc) is 2.72. The molecule has 0 spiro atoms. The molecule has 1 heterocycles. The number of rotatable bonds is 6. The third-order valence-corrected chi connectivity index (χ3v) is 3.12. The van der Waals surface area contributed by atoms with E-state index in [4.69, 9.17) is 5.11 Å². The van der Waals surface area contributed by atoms with Crippen LogP contribution < -0.4 is 5.32 Å². The summed E-state index contributed by atoms with van der Waals surface area (Å²) in [7, 11) is 0. The van der Waals surface area contributed by atoms with Crippen LogP contribution in [0.5, 0.6) is 0 Å². The molecule has 0 saturated heterocycles. The lowest BCUT2D eigenvalue weighted by molar-refractivity contribution is -0.122. The number of nitrogens with one attached hydrogen (secondary N) is 1. The first-order valence-corrected chi connectivity index (χ1v) is 6.05. The third kappa shape index (κ3) is 3.28. The molecular formula is C11H16N4O3. The number of aromatic nitrogens is 3. The first-order valence-electron chi connectivity index (χ1n) is 6.05. The van der Waals surface area contributed by atoms with Crippen molar-refractivity contribution >= 4 is 11.9 Å². The molecule has 0 unspecified atom stereocenters. The smallest absolute Gasteiger partial charge is 0.358 e. The molecule has 0 aromatic carbocycles. The van der Waals surface area contributed by atoms with Crippen LogP contribution in [-0.4, -0.2) is 38.5 Å². The van der Waals surface area contributed by atoms with Gasteiger partial charge in [-0.2, -0.15) is 0 Å². The lowest BCUT2D eigenvalue weighted by Gasteiger charge is -2.24. The third-order valence-electron chi connectivity index (χ3n) is 3.12. The molecule has 18 heavy (non-hydrogen) atoms. The second kappa shape index (κ2) is 5.61. The summed E-state index contributed by atoms with van der Waals surface area (Å²) in [5.41, 5.74) is -0.0872. The highest BCUT2D eigenvalue weighted by atomic mass is 16.4. The van der Waals surface area contributed by atoms with Gasteiger partial charge in [-0.15, -0.1) is 5.10 Å². The number of aromatic carboxylic acids is 1. The van der Waals surface area contributed by atoms with E-state index in [0.717, 1.165) is 12.8 Å². The number of carbonyl (C=O) groups is 2. The largest absolute Gasteiger partial charge is 0.476 e. The molecule has 0 atom stereocenters. The Balaban J connectivity index is 1.67. The fourth-order valence-corrected chi connectivity index (χ4v) is 1.85. The molecule has 1 aromatic heterocycles. The van der Waals surface area contributed by atoms with E-state index < -0.39 is 5.97 Å². The van der Waals surface area contributed by atoms with Gasteiger partial charge in [0.05, 0.1) is 12.7 Å². The minimum absolute atomic E-state index is 0.0540. The minimum Gasteiger partial charge on any atom is -0.476 e. The van der Waals surface area contributed by atoms with Crippen molar-refractivity contribution in [3.8, 4) is 0 Å². The molecule has 7 nitrogen and oxygen atoms in total. The van der Waals surface area contributed by atoms with Crippen LogP contribution in [0.4, 0.5) is 0 Å². The number of hydrogen-bond donors (Lipinski definition) is 2. The van der Waals surface area contributed by atoms with Crippen molar-refractivity contribution in [2.45, 2.75) is 32.2 Å². The molecule has 7 heteroatoms. The summed E-state index contributed by atoms with van der Waals surface area (Å²) < 4.78 is 1.41. The van der Waals surface area contributed by atoms with Crippen LogP contribution in [0.25, 0.3) is 0 Å². The molecule has 1 aliphatic carbocycles. The zero-order chi connectivity index (χ0) is 13.0. The molecule has 0 bridgehead atoms. The second-order valence-electron chi connectivity index (χ2n) is 4.52. The van der Waals surface area contributed by atoms with Gasteiger partial charge in [-0.25, -0.2) is 9.48 Å². The molecule has 1 amide bonds. The Morgan fingerprint density at radius 2 is 2.28 bits per heavy atom. The summed E-state index contributed by atoms with van der Waals surface area (Å²) in [6.45, 7) is 0.866. The van der Waals surface area contributed by atoms with Crippen molar-refractivity contribution < 1.29 is 14.7 Å². The molecule has 1 saturated carbocycles. The highest BCUT2D eigenvalue weighted by Gasteiger charge is 2.20. The molecule has 2 N–H and O–H groups in total. The second-order valence-corrected chi connectivity index (χ2v) is 4.52. The van der Waals surface area contributed by atoms with Gasteiger partial charge in [0, 0.05) is 13.0 Å². The average molecular weight is 252 g/mol. The van der Waals surface area contributed by atoms with Crippen LogP contribution in [0.1, 0.15) is 36.2 Å². The number of carboxylic acid groups (broad SMARTS) is 1. The predicted molar refractivity (Wildman–Crippen MR) is 61.9 cm³/mol. The van der Waals surface area contributed by atoms with Crippen molar-refractivity contribution in [1.29, 1.82) is 0 Å². The zero-order valence-corrected chi connectivity index (χ0v) is 10.0. The standard InChI is InChI=1S/C11H16N4O3/c16-10(6-8-2-1-3-8)12-4-5-15-7-9(11(17)18)13-14-15/h7-8H,1-6H2,(H,12,16)(H,17,18). The van der Waals surface area contributed by atoms with Crippen molar-refractivity contribution in [2.24, 2.45) is 5.92 Å². The maximum atomic E-state index is 11.5. The van der Waals surface area contributed by atoms with E-state index in [9.17, 15) is 9.59 Å². The van der Waals surface area contributed by atoms with Gasteiger partial charge in [0.25, 0.3) is 0 Å². The Morgan fingerprint density at radius 1 is 1.50 bits per heavy atom. The highest BCUT2D eigenvalue weighted by molar-refractivity contribution is 5.84. The zero-order valence-electron chi connectivity index (χ0n) is 10.0. The topological polar surface area (TPSA) is 97.1 Å². The predicted octanol–water partition coefficient (Wildman–Crippen LogP) is 0.283. The van der Waals surface area contributed by atoms with Gasteiger partial charge >= 0.3 is 5.97 Å². The van der Waals surface area contributed by atoms with Crippen molar-refractivity contribution in [3.63, 3.8) is 0 Å². The molecule has 1 aliphatic rings. The normalized spacial score (nSPS) is 15.1. The van der Waals surface area contributed by atoms with Gasteiger partial charge in [0.2, 0.25) is 5.91 Å². The highest BCUT2D eigenvalue weighted by Crippen LogP contribution is 2.28. The summed E-state index contributed by atoms with van der Waals surface area (Å²) in [5.74, 6) is -0.497. The number of carbonyl (C=O) groups excluding carboxylic acids is 1. The SMILES string of the molecule is O=C(CC1CCC1)NCCn1cc(C(=O)O)nn1. The summed E-state index contributed by atoms with van der Waals surface area (Å²) in [5, 5.41) is 18.6. The minimum atomic E-state index is -1.10. The lowest BCUT2D eigenvalue weighted by atomic mass is 9.83. The van der Waals surface area contributed by atoms with Crippen LogP contribution in [0.2, 0.25) is 0 Å². The van der Waals surface area contributed by atoms with Gasteiger partial charge in [0.1, 0.15) is 0 Å². The van der Waals surface area contributed by atoms with Gasteiger partial charge in [-0.1, -0.05) is 11.6 Å². The first kappa shape index (κ1) is 12.5. The van der Waals surface area contributed by atoms with E-state index in [2.05, 4.69) is 15.6 Å². The quantitative estimate of drug-likeness (QED) is 0.758. The van der Waals surface area contributed by atoms with E-state index in [-0.39, 0.29) is 11.6 Å². The number of hydrogen-bond acceptors (Lipinski definition) is 4. The summed E-state index contributed by atoms with van der Waals surface area (Å²) in [4.78, 5) is 22.1. The van der Waals surface area contributed by atoms with E-state index in [1.165, 1.54) is 17.3 Å². The van der Waals surface area contributed by atoms with E-state index in [0.29, 0.717) is 25.4 Å². The number of nitrogens with zero attached hydrogens (tertiary/aromatic N) is 3. The van der Waals surface area contributed by atoms with Crippen molar-refractivity contribution in [3.05, 3.63) is 11.9 Å². The van der Waals surface area contributed by atoms with E-state index in [1.54, 1.807) is 0 Å². The van der Waals surface area contributed by atoms with Gasteiger partial charge in [-0.3, -0.25) is 4.79 Å². The van der Waals surface area contributed by atoms with Crippen LogP contribution in [0.15, 0.2) is 6.20 Å². The van der Waals surface area contributed by atoms with Crippen LogP contribution in [0.3, 0.4) is 0 Å².